The maximum atomic E-state index is 11.9. The molecule has 0 aliphatic heterocycles. The highest BCUT2D eigenvalue weighted by Crippen LogP contribution is 2.28. The molecule has 0 bridgehead atoms. The summed E-state index contributed by atoms with van der Waals surface area (Å²) in [5.41, 5.74) is 0.670. The van der Waals surface area contributed by atoms with E-state index in [0.717, 1.165) is 25.0 Å². The molecule has 1 aliphatic rings. The number of aryl methyl sites for hydroxylation is 1. The van der Waals surface area contributed by atoms with Gasteiger partial charge in [-0.25, -0.2) is 0 Å². The van der Waals surface area contributed by atoms with Crippen LogP contribution < -0.4 is 10.7 Å². The Hall–Kier alpha value is -1.29. The predicted molar refractivity (Wildman–Crippen MR) is 71.1 cm³/mol. The van der Waals surface area contributed by atoms with Gasteiger partial charge in [0.25, 0.3) is 5.91 Å². The van der Waals surface area contributed by atoms with E-state index in [1.54, 1.807) is 6.92 Å². The molecule has 0 aromatic carbocycles. The Labute approximate surface area is 111 Å². The van der Waals surface area contributed by atoms with Gasteiger partial charge in [0.2, 0.25) is 0 Å². The van der Waals surface area contributed by atoms with Crippen molar-refractivity contribution in [3.63, 3.8) is 0 Å². The van der Waals surface area contributed by atoms with Crippen LogP contribution in [0.1, 0.15) is 35.3 Å². The van der Waals surface area contributed by atoms with E-state index in [2.05, 4.69) is 10.3 Å². The van der Waals surface area contributed by atoms with E-state index in [9.17, 15) is 9.59 Å². The lowest BCUT2D eigenvalue weighted by Gasteiger charge is -2.10. The minimum absolute atomic E-state index is 0.168. The number of pyridine rings is 1. The van der Waals surface area contributed by atoms with Crippen LogP contribution in [0.4, 0.5) is 0 Å². The minimum Gasteiger partial charge on any atom is -0.364 e. The molecule has 2 N–H and O–H groups in total. The van der Waals surface area contributed by atoms with E-state index in [4.69, 9.17) is 11.6 Å². The summed E-state index contributed by atoms with van der Waals surface area (Å²) in [4.78, 5) is 26.4. The first-order valence-electron chi connectivity index (χ1n) is 6.18. The number of amides is 1. The molecule has 1 aromatic heterocycles. The van der Waals surface area contributed by atoms with Gasteiger partial charge in [0.05, 0.1) is 0 Å². The highest BCUT2D eigenvalue weighted by atomic mass is 35.5. The monoisotopic (exact) mass is 268 g/mol. The van der Waals surface area contributed by atoms with Crippen molar-refractivity contribution in [1.82, 2.24) is 10.3 Å². The fourth-order valence-corrected chi connectivity index (χ4v) is 2.66. The molecule has 1 amide bonds. The second-order valence-electron chi connectivity index (χ2n) is 4.88. The van der Waals surface area contributed by atoms with Crippen LogP contribution in [0.2, 0.25) is 0 Å². The number of hydrogen-bond donors (Lipinski definition) is 2. The number of H-pyrrole nitrogens is 1. The lowest BCUT2D eigenvalue weighted by molar-refractivity contribution is 0.0946. The molecule has 1 aromatic rings. The summed E-state index contributed by atoms with van der Waals surface area (Å²) in [6, 6.07) is 1.43. The van der Waals surface area contributed by atoms with Crippen LogP contribution in [0, 0.1) is 12.8 Å². The number of aromatic amines is 1. The van der Waals surface area contributed by atoms with E-state index in [1.165, 1.54) is 12.3 Å². The Morgan fingerprint density at radius 2 is 2.33 bits per heavy atom. The normalized spacial score (nSPS) is 23.0. The van der Waals surface area contributed by atoms with Crippen LogP contribution in [0.5, 0.6) is 0 Å². The largest absolute Gasteiger partial charge is 0.364 e. The maximum absolute atomic E-state index is 11.9. The second-order valence-corrected chi connectivity index (χ2v) is 5.50. The Balaban J connectivity index is 1.93. The van der Waals surface area contributed by atoms with E-state index >= 15 is 0 Å². The zero-order valence-corrected chi connectivity index (χ0v) is 11.1. The highest BCUT2D eigenvalue weighted by molar-refractivity contribution is 6.20. The van der Waals surface area contributed by atoms with Crippen molar-refractivity contribution in [2.24, 2.45) is 5.92 Å². The first kappa shape index (κ1) is 13.1. The number of aromatic nitrogens is 1. The van der Waals surface area contributed by atoms with Gasteiger partial charge in [0, 0.05) is 29.9 Å². The summed E-state index contributed by atoms with van der Waals surface area (Å²) in [7, 11) is 0. The van der Waals surface area contributed by atoms with Crippen LogP contribution >= 0.6 is 11.6 Å². The Kier molecular flexibility index (Phi) is 4.07. The van der Waals surface area contributed by atoms with Crippen molar-refractivity contribution in [1.29, 1.82) is 0 Å². The number of hydrogen-bond acceptors (Lipinski definition) is 2. The van der Waals surface area contributed by atoms with Crippen LogP contribution in [0.3, 0.4) is 0 Å². The molecule has 5 heteroatoms. The Bertz CT molecular complexity index is 498. The van der Waals surface area contributed by atoms with Crippen LogP contribution in [-0.2, 0) is 0 Å². The average molecular weight is 269 g/mol. The predicted octanol–water partition coefficient (Wildman–Crippen LogP) is 1.82. The number of carbonyl (C=O) groups excluding carboxylic acids is 1. The highest BCUT2D eigenvalue weighted by Gasteiger charge is 2.23. The SMILES string of the molecule is Cc1cc(=O)c(C(=O)NCC2CCC(Cl)C2)c[nH]1. The summed E-state index contributed by atoms with van der Waals surface area (Å²) >= 11 is 6.01. The topological polar surface area (TPSA) is 62.0 Å². The molecule has 1 fully saturated rings. The Morgan fingerprint density at radius 1 is 1.56 bits per heavy atom. The van der Waals surface area contributed by atoms with Crippen LogP contribution in [0.25, 0.3) is 0 Å². The average Bonchev–Trinajstić information content (AvgIpc) is 2.72. The van der Waals surface area contributed by atoms with E-state index in [0.29, 0.717) is 12.5 Å². The van der Waals surface area contributed by atoms with Crippen molar-refractivity contribution >= 4 is 17.5 Å². The van der Waals surface area contributed by atoms with E-state index in [1.807, 2.05) is 0 Å². The summed E-state index contributed by atoms with van der Waals surface area (Å²) < 4.78 is 0. The van der Waals surface area contributed by atoms with Crippen LogP contribution in [-0.4, -0.2) is 22.8 Å². The minimum atomic E-state index is -0.311. The third-order valence-electron chi connectivity index (χ3n) is 3.33. The maximum Gasteiger partial charge on any atom is 0.256 e. The van der Waals surface area contributed by atoms with Crippen molar-refractivity contribution in [3.05, 3.63) is 33.7 Å². The standard InChI is InChI=1S/C13H17ClN2O2/c1-8-4-12(17)11(7-15-8)13(18)16-6-9-2-3-10(14)5-9/h4,7,9-10H,2-3,5-6H2,1H3,(H,15,17)(H,16,18). The van der Waals surface area contributed by atoms with Crippen molar-refractivity contribution in [3.8, 4) is 0 Å². The Morgan fingerprint density at radius 3 is 2.94 bits per heavy atom. The van der Waals surface area contributed by atoms with Gasteiger partial charge in [-0.2, -0.15) is 0 Å². The van der Waals surface area contributed by atoms with Gasteiger partial charge in [-0.15, -0.1) is 11.6 Å². The summed E-state index contributed by atoms with van der Waals surface area (Å²) in [5.74, 6) is 0.121. The number of halogens is 1. The van der Waals surface area contributed by atoms with Crippen LogP contribution in [0.15, 0.2) is 17.1 Å². The van der Waals surface area contributed by atoms with Gasteiger partial charge < -0.3 is 10.3 Å². The molecule has 1 aliphatic carbocycles. The molecule has 2 unspecified atom stereocenters. The molecule has 98 valence electrons. The summed E-state index contributed by atoms with van der Waals surface area (Å²) in [6.45, 7) is 2.37. The lowest BCUT2D eigenvalue weighted by atomic mass is 10.1. The molecule has 4 nitrogen and oxygen atoms in total. The molecule has 18 heavy (non-hydrogen) atoms. The summed E-state index contributed by atoms with van der Waals surface area (Å²) in [6.07, 6.45) is 4.45. The smallest absolute Gasteiger partial charge is 0.256 e. The first-order chi connectivity index (χ1) is 8.56. The second kappa shape index (κ2) is 5.57. The zero-order valence-electron chi connectivity index (χ0n) is 10.3. The molecular formula is C13H17ClN2O2. The van der Waals surface area contributed by atoms with Crippen molar-refractivity contribution in [2.45, 2.75) is 31.6 Å². The quantitative estimate of drug-likeness (QED) is 0.822. The van der Waals surface area contributed by atoms with Gasteiger partial charge >= 0.3 is 0 Å². The molecule has 0 radical (unpaired) electrons. The molecular weight excluding hydrogens is 252 g/mol. The first-order valence-corrected chi connectivity index (χ1v) is 6.61. The third kappa shape index (κ3) is 3.13. The molecule has 1 saturated carbocycles. The number of alkyl halides is 1. The van der Waals surface area contributed by atoms with E-state index in [-0.39, 0.29) is 22.3 Å². The van der Waals surface area contributed by atoms with E-state index < -0.39 is 0 Å². The number of carbonyl (C=O) groups is 1. The van der Waals surface area contributed by atoms with Gasteiger partial charge in [0.1, 0.15) is 5.56 Å². The number of nitrogens with one attached hydrogen (secondary N) is 2. The number of rotatable bonds is 3. The fraction of sp³-hybridized carbons (Fsp3) is 0.538. The zero-order chi connectivity index (χ0) is 13.1. The van der Waals surface area contributed by atoms with Gasteiger partial charge in [0.15, 0.2) is 5.43 Å². The lowest BCUT2D eigenvalue weighted by Crippen LogP contribution is -2.32. The molecule has 0 saturated heterocycles. The summed E-state index contributed by atoms with van der Waals surface area (Å²) in [5, 5.41) is 3.04. The van der Waals surface area contributed by atoms with Gasteiger partial charge in [-0.3, -0.25) is 9.59 Å². The molecule has 2 atom stereocenters. The van der Waals surface area contributed by atoms with Gasteiger partial charge in [-0.1, -0.05) is 0 Å². The molecule has 0 spiro atoms. The molecule has 2 rings (SSSR count). The third-order valence-corrected chi connectivity index (χ3v) is 3.73. The molecule has 1 heterocycles. The van der Waals surface area contributed by atoms with Gasteiger partial charge in [-0.05, 0) is 32.1 Å². The fourth-order valence-electron chi connectivity index (χ4n) is 2.28. The van der Waals surface area contributed by atoms with Crippen molar-refractivity contribution < 1.29 is 4.79 Å². The van der Waals surface area contributed by atoms with Crippen molar-refractivity contribution in [2.75, 3.05) is 6.54 Å².